The number of piperidine rings is 1. The molecule has 0 aromatic carbocycles. The summed E-state index contributed by atoms with van der Waals surface area (Å²) in [5.74, 6) is 1.71. The highest BCUT2D eigenvalue weighted by Crippen LogP contribution is 2.33. The number of aromatic nitrogens is 4. The van der Waals surface area contributed by atoms with Crippen LogP contribution in [0.15, 0.2) is 28.0 Å². The van der Waals surface area contributed by atoms with Crippen molar-refractivity contribution in [3.8, 4) is 0 Å². The highest BCUT2D eigenvalue weighted by atomic mass is 16.2. The second-order valence-electron chi connectivity index (χ2n) is 7.74. The van der Waals surface area contributed by atoms with Crippen molar-refractivity contribution in [2.24, 2.45) is 20.0 Å². The number of imidazole rings is 1. The van der Waals surface area contributed by atoms with Crippen molar-refractivity contribution >= 4 is 5.91 Å². The number of carbonyl (C=O) groups is 1. The van der Waals surface area contributed by atoms with Gasteiger partial charge in [-0.1, -0.05) is 0 Å². The SMILES string of the molecule is Cn1c(C(=O)N2CCC[C@@H](c3nccn3CC3CC3)C2)cc(=O)n(C)c1=O. The summed E-state index contributed by atoms with van der Waals surface area (Å²) in [6.07, 6.45) is 8.29. The maximum absolute atomic E-state index is 13.0. The topological polar surface area (TPSA) is 82.1 Å². The molecule has 0 radical (unpaired) electrons. The largest absolute Gasteiger partial charge is 0.337 e. The van der Waals surface area contributed by atoms with Crippen LogP contribution in [0, 0.1) is 5.92 Å². The van der Waals surface area contributed by atoms with Crippen molar-refractivity contribution in [3.05, 3.63) is 50.8 Å². The van der Waals surface area contributed by atoms with Gasteiger partial charge in [-0.2, -0.15) is 0 Å². The van der Waals surface area contributed by atoms with E-state index < -0.39 is 11.2 Å². The molecule has 2 fully saturated rings. The van der Waals surface area contributed by atoms with Crippen LogP contribution in [0.25, 0.3) is 0 Å². The van der Waals surface area contributed by atoms with Crippen molar-refractivity contribution in [1.29, 1.82) is 0 Å². The maximum atomic E-state index is 13.0. The zero-order valence-corrected chi connectivity index (χ0v) is 15.8. The number of likely N-dealkylation sites (tertiary alicyclic amines) is 1. The fourth-order valence-corrected chi connectivity index (χ4v) is 3.89. The Kier molecular flexibility index (Phi) is 4.49. The van der Waals surface area contributed by atoms with Crippen molar-refractivity contribution in [3.63, 3.8) is 0 Å². The summed E-state index contributed by atoms with van der Waals surface area (Å²) in [6.45, 7) is 2.19. The first-order valence-corrected chi connectivity index (χ1v) is 9.53. The molecule has 2 aromatic heterocycles. The minimum atomic E-state index is -0.487. The van der Waals surface area contributed by atoms with Gasteiger partial charge in [0.2, 0.25) is 0 Å². The van der Waals surface area contributed by atoms with E-state index in [0.29, 0.717) is 13.1 Å². The minimum absolute atomic E-state index is 0.144. The van der Waals surface area contributed by atoms with Gasteiger partial charge in [-0.05, 0) is 31.6 Å². The van der Waals surface area contributed by atoms with Crippen molar-refractivity contribution in [2.75, 3.05) is 13.1 Å². The van der Waals surface area contributed by atoms with Gasteiger partial charge in [-0.15, -0.1) is 0 Å². The van der Waals surface area contributed by atoms with Crippen LogP contribution in [0.1, 0.15) is 47.9 Å². The first kappa shape index (κ1) is 17.8. The first-order valence-electron chi connectivity index (χ1n) is 9.53. The maximum Gasteiger partial charge on any atom is 0.331 e. The van der Waals surface area contributed by atoms with Gasteiger partial charge in [0.1, 0.15) is 11.5 Å². The molecule has 0 N–H and O–H groups in total. The fraction of sp³-hybridized carbons (Fsp3) is 0.579. The number of nitrogens with zero attached hydrogens (tertiary/aromatic N) is 5. The van der Waals surface area contributed by atoms with E-state index in [1.165, 1.54) is 37.6 Å². The second-order valence-corrected chi connectivity index (χ2v) is 7.74. The van der Waals surface area contributed by atoms with Gasteiger partial charge in [-0.3, -0.25) is 18.7 Å². The average molecular weight is 371 g/mol. The Morgan fingerprint density at radius 1 is 1.19 bits per heavy atom. The molecule has 4 rings (SSSR count). The molecule has 2 aliphatic rings. The molecule has 0 spiro atoms. The van der Waals surface area contributed by atoms with Crippen LogP contribution in [-0.2, 0) is 20.6 Å². The lowest BCUT2D eigenvalue weighted by molar-refractivity contribution is 0.0691. The Labute approximate surface area is 157 Å². The molecule has 8 heteroatoms. The lowest BCUT2D eigenvalue weighted by atomic mass is 9.96. The van der Waals surface area contributed by atoms with Gasteiger partial charge in [0, 0.05) is 58.1 Å². The molecular formula is C19H25N5O3. The van der Waals surface area contributed by atoms with Crippen LogP contribution in [-0.4, -0.2) is 42.6 Å². The standard InChI is InChI=1S/C19H25N5O3/c1-21-15(10-16(25)22(2)19(21)27)18(26)24-8-3-4-14(12-24)17-20-7-9-23(17)11-13-5-6-13/h7,9-10,13-14H,3-6,8,11-12H2,1-2H3/t14-/m1/s1. The van der Waals surface area contributed by atoms with E-state index in [1.54, 1.807) is 4.90 Å². The van der Waals surface area contributed by atoms with Gasteiger partial charge in [-0.25, -0.2) is 9.78 Å². The summed E-state index contributed by atoms with van der Waals surface area (Å²) >= 11 is 0. The van der Waals surface area contributed by atoms with E-state index in [1.807, 2.05) is 12.4 Å². The molecule has 2 aromatic rings. The minimum Gasteiger partial charge on any atom is -0.337 e. The van der Waals surface area contributed by atoms with E-state index in [4.69, 9.17) is 0 Å². The molecule has 1 atom stereocenters. The lowest BCUT2D eigenvalue weighted by Gasteiger charge is -2.33. The molecule has 27 heavy (non-hydrogen) atoms. The van der Waals surface area contributed by atoms with Crippen LogP contribution in [0.5, 0.6) is 0 Å². The van der Waals surface area contributed by atoms with E-state index >= 15 is 0 Å². The molecule has 1 aliphatic heterocycles. The smallest absolute Gasteiger partial charge is 0.331 e. The summed E-state index contributed by atoms with van der Waals surface area (Å²) in [4.78, 5) is 43.4. The second kappa shape index (κ2) is 6.83. The van der Waals surface area contributed by atoms with E-state index in [2.05, 4.69) is 9.55 Å². The molecule has 1 amide bonds. The van der Waals surface area contributed by atoms with Crippen LogP contribution < -0.4 is 11.2 Å². The summed E-state index contributed by atoms with van der Waals surface area (Å²) in [7, 11) is 2.94. The monoisotopic (exact) mass is 371 g/mol. The van der Waals surface area contributed by atoms with Gasteiger partial charge >= 0.3 is 5.69 Å². The molecule has 1 saturated carbocycles. The number of hydrogen-bond acceptors (Lipinski definition) is 4. The summed E-state index contributed by atoms with van der Waals surface area (Å²) in [5.41, 5.74) is -0.806. The molecule has 3 heterocycles. The van der Waals surface area contributed by atoms with E-state index in [-0.39, 0.29) is 17.5 Å². The van der Waals surface area contributed by atoms with Crippen LogP contribution in [0.4, 0.5) is 0 Å². The van der Waals surface area contributed by atoms with Gasteiger partial charge < -0.3 is 9.47 Å². The Morgan fingerprint density at radius 3 is 2.70 bits per heavy atom. The highest BCUT2D eigenvalue weighted by Gasteiger charge is 2.30. The van der Waals surface area contributed by atoms with E-state index in [9.17, 15) is 14.4 Å². The summed E-state index contributed by atoms with van der Waals surface area (Å²) in [5, 5.41) is 0. The Hall–Kier alpha value is -2.64. The zero-order chi connectivity index (χ0) is 19.1. The third-order valence-electron chi connectivity index (χ3n) is 5.72. The van der Waals surface area contributed by atoms with Crippen LogP contribution in [0.2, 0.25) is 0 Å². The normalized spacial score (nSPS) is 20.1. The van der Waals surface area contributed by atoms with E-state index in [0.717, 1.165) is 35.7 Å². The molecule has 0 unspecified atom stereocenters. The van der Waals surface area contributed by atoms with Crippen molar-refractivity contribution in [2.45, 2.75) is 38.1 Å². The zero-order valence-electron chi connectivity index (χ0n) is 15.8. The number of hydrogen-bond donors (Lipinski definition) is 0. The third kappa shape index (κ3) is 3.36. The third-order valence-corrected chi connectivity index (χ3v) is 5.72. The molecule has 0 bridgehead atoms. The lowest BCUT2D eigenvalue weighted by Crippen LogP contribution is -2.45. The highest BCUT2D eigenvalue weighted by molar-refractivity contribution is 5.92. The Balaban J connectivity index is 1.57. The summed E-state index contributed by atoms with van der Waals surface area (Å²) in [6, 6.07) is 1.25. The average Bonchev–Trinajstić information content (AvgIpc) is 3.37. The molecular weight excluding hydrogens is 346 g/mol. The van der Waals surface area contributed by atoms with Crippen molar-refractivity contribution in [1.82, 2.24) is 23.6 Å². The molecule has 1 saturated heterocycles. The number of amides is 1. The fourth-order valence-electron chi connectivity index (χ4n) is 3.89. The Morgan fingerprint density at radius 2 is 1.96 bits per heavy atom. The predicted octanol–water partition coefficient (Wildman–Crippen LogP) is 0.710. The van der Waals surface area contributed by atoms with Crippen molar-refractivity contribution < 1.29 is 4.79 Å². The first-order chi connectivity index (χ1) is 13.0. The molecule has 8 nitrogen and oxygen atoms in total. The quantitative estimate of drug-likeness (QED) is 0.793. The number of rotatable bonds is 4. The Bertz CT molecular complexity index is 982. The number of carbonyl (C=O) groups excluding carboxylic acids is 1. The predicted molar refractivity (Wildman–Crippen MR) is 99.8 cm³/mol. The molecule has 144 valence electrons. The molecule has 1 aliphatic carbocycles. The van der Waals surface area contributed by atoms with Crippen LogP contribution in [0.3, 0.4) is 0 Å². The van der Waals surface area contributed by atoms with Gasteiger partial charge in [0.25, 0.3) is 11.5 Å². The summed E-state index contributed by atoms with van der Waals surface area (Å²) < 4.78 is 4.48. The van der Waals surface area contributed by atoms with Gasteiger partial charge in [0.05, 0.1) is 0 Å². The van der Waals surface area contributed by atoms with Gasteiger partial charge in [0.15, 0.2) is 0 Å². The van der Waals surface area contributed by atoms with Crippen LogP contribution >= 0.6 is 0 Å².